The van der Waals surface area contributed by atoms with E-state index in [9.17, 15) is 9.59 Å². The lowest BCUT2D eigenvalue weighted by atomic mass is 10.1. The van der Waals surface area contributed by atoms with Gasteiger partial charge < -0.3 is 18.3 Å². The van der Waals surface area contributed by atoms with Crippen molar-refractivity contribution in [3.8, 4) is 23.0 Å². The third-order valence-corrected chi connectivity index (χ3v) is 5.01. The second kappa shape index (κ2) is 8.49. The van der Waals surface area contributed by atoms with Crippen molar-refractivity contribution < 1.29 is 23.1 Å². The van der Waals surface area contributed by atoms with Crippen LogP contribution in [0.1, 0.15) is 12.5 Å². The second-order valence-electron chi connectivity index (χ2n) is 6.82. The third kappa shape index (κ3) is 4.31. The smallest absolute Gasteiger partial charge is 0.352 e. The van der Waals surface area contributed by atoms with E-state index in [1.165, 1.54) is 25.3 Å². The van der Waals surface area contributed by atoms with Crippen LogP contribution in [-0.2, 0) is 4.79 Å². The zero-order valence-corrected chi connectivity index (χ0v) is 18.0. The number of hydrogen-bond acceptors (Lipinski definition) is 6. The van der Waals surface area contributed by atoms with Crippen molar-refractivity contribution in [1.29, 1.82) is 0 Å². The lowest BCUT2D eigenvalue weighted by Gasteiger charge is -2.15. The minimum absolute atomic E-state index is 0.0106. The van der Waals surface area contributed by atoms with Crippen molar-refractivity contribution >= 4 is 40.1 Å². The van der Waals surface area contributed by atoms with Gasteiger partial charge in [0, 0.05) is 5.02 Å². The van der Waals surface area contributed by atoms with Gasteiger partial charge in [0.15, 0.2) is 11.9 Å². The minimum atomic E-state index is -1.07. The predicted molar refractivity (Wildman–Crippen MR) is 117 cm³/mol. The van der Waals surface area contributed by atoms with Crippen molar-refractivity contribution in [2.24, 2.45) is 0 Å². The Kier molecular flexibility index (Phi) is 5.76. The molecular weight excluding hydrogens is 443 g/mol. The molecule has 4 aromatic rings. The van der Waals surface area contributed by atoms with Gasteiger partial charge in [-0.25, -0.2) is 4.79 Å². The van der Waals surface area contributed by atoms with Crippen LogP contribution in [0.25, 0.3) is 22.5 Å². The van der Waals surface area contributed by atoms with Crippen molar-refractivity contribution in [1.82, 2.24) is 0 Å². The van der Waals surface area contributed by atoms with Crippen LogP contribution in [-0.4, -0.2) is 12.1 Å². The van der Waals surface area contributed by atoms with Crippen LogP contribution < -0.4 is 14.9 Å². The number of hydrogen-bond donors (Lipinski definition) is 0. The number of aryl methyl sites for hydroxylation is 1. The zero-order chi connectivity index (χ0) is 22.1. The molecule has 0 spiro atoms. The normalized spacial score (nSPS) is 12.0. The Morgan fingerprint density at radius 2 is 1.90 bits per heavy atom. The molecule has 2 aromatic heterocycles. The Balaban J connectivity index is 1.71. The van der Waals surface area contributed by atoms with Gasteiger partial charge in [0.25, 0.3) is 0 Å². The summed E-state index contributed by atoms with van der Waals surface area (Å²) in [5, 5.41) is 0.955. The van der Waals surface area contributed by atoms with Gasteiger partial charge in [-0.1, -0.05) is 34.8 Å². The van der Waals surface area contributed by atoms with Crippen molar-refractivity contribution in [3.63, 3.8) is 0 Å². The molecule has 0 fully saturated rings. The molecule has 1 atom stereocenters. The highest BCUT2D eigenvalue weighted by atomic mass is 35.5. The third-order valence-electron chi connectivity index (χ3n) is 4.48. The molecule has 0 aliphatic rings. The number of benzene rings is 2. The van der Waals surface area contributed by atoms with E-state index in [-0.39, 0.29) is 33.4 Å². The summed E-state index contributed by atoms with van der Waals surface area (Å²) in [7, 11) is 0. The van der Waals surface area contributed by atoms with E-state index in [0.29, 0.717) is 10.6 Å². The lowest BCUT2D eigenvalue weighted by molar-refractivity contribution is -0.141. The van der Waals surface area contributed by atoms with Crippen molar-refractivity contribution in [3.05, 3.63) is 80.6 Å². The predicted octanol–water partition coefficient (Wildman–Crippen LogP) is 6.04. The summed E-state index contributed by atoms with van der Waals surface area (Å²) in [6.45, 7) is 3.32. The molecule has 0 saturated carbocycles. The molecule has 0 amide bonds. The summed E-state index contributed by atoms with van der Waals surface area (Å²) >= 11 is 12.0. The fourth-order valence-corrected chi connectivity index (χ4v) is 3.40. The summed E-state index contributed by atoms with van der Waals surface area (Å²) < 4.78 is 22.3. The Labute approximate surface area is 186 Å². The van der Waals surface area contributed by atoms with Gasteiger partial charge in [0.1, 0.15) is 11.3 Å². The van der Waals surface area contributed by atoms with Gasteiger partial charge in [0.2, 0.25) is 16.9 Å². The first-order valence-corrected chi connectivity index (χ1v) is 10.0. The van der Waals surface area contributed by atoms with E-state index < -0.39 is 17.5 Å². The van der Waals surface area contributed by atoms with Gasteiger partial charge in [-0.3, -0.25) is 4.79 Å². The molecule has 0 radical (unpaired) electrons. The SMILES string of the molecule is Cc1ccc2oc(-c3ccco3)c(OC(=O)C(C)Oc3ccc(Cl)cc3Cl)c(=O)c2c1. The van der Waals surface area contributed by atoms with Gasteiger partial charge in [-0.15, -0.1) is 0 Å². The molecule has 0 N–H and O–H groups in total. The topological polar surface area (TPSA) is 78.9 Å². The number of rotatable bonds is 5. The largest absolute Gasteiger partial charge is 0.477 e. The van der Waals surface area contributed by atoms with Gasteiger partial charge in [-0.05, 0) is 56.3 Å². The molecular formula is C23H16Cl2O6. The number of furan rings is 1. The molecule has 4 rings (SSSR count). The first-order valence-electron chi connectivity index (χ1n) is 9.28. The fraction of sp³-hybridized carbons (Fsp3) is 0.130. The van der Waals surface area contributed by atoms with Crippen molar-refractivity contribution in [2.75, 3.05) is 0 Å². The standard InChI is InChI=1S/C23H16Cl2O6/c1-12-5-7-17-15(10-12)20(26)22(21(30-17)19-4-3-9-28-19)31-23(27)13(2)29-18-8-6-14(24)11-16(18)25/h3-11,13H,1-2H3. The Hall–Kier alpha value is -3.22. The molecule has 0 aliphatic carbocycles. The quantitative estimate of drug-likeness (QED) is 0.339. The molecule has 0 bridgehead atoms. The van der Waals surface area contributed by atoms with Crippen LogP contribution in [0, 0.1) is 6.92 Å². The molecule has 2 aromatic carbocycles. The summed E-state index contributed by atoms with van der Waals surface area (Å²) in [4.78, 5) is 25.9. The summed E-state index contributed by atoms with van der Waals surface area (Å²) in [6, 6.07) is 13.0. The zero-order valence-electron chi connectivity index (χ0n) is 16.5. The maximum absolute atomic E-state index is 13.1. The molecule has 6 nitrogen and oxygen atoms in total. The highest BCUT2D eigenvalue weighted by Gasteiger charge is 2.26. The number of esters is 1. The van der Waals surface area contributed by atoms with Crippen LogP contribution in [0.2, 0.25) is 10.0 Å². The number of carbonyl (C=O) groups excluding carboxylic acids is 1. The maximum atomic E-state index is 13.1. The number of ether oxygens (including phenoxy) is 2. The lowest BCUT2D eigenvalue weighted by Crippen LogP contribution is -2.30. The number of carbonyl (C=O) groups is 1. The summed E-state index contributed by atoms with van der Waals surface area (Å²) in [5.74, 6) is -0.579. The molecule has 158 valence electrons. The highest BCUT2D eigenvalue weighted by molar-refractivity contribution is 6.35. The van der Waals surface area contributed by atoms with E-state index in [4.69, 9.17) is 41.5 Å². The molecule has 0 aliphatic heterocycles. The van der Waals surface area contributed by atoms with Gasteiger partial charge in [0.05, 0.1) is 16.7 Å². The molecule has 1 unspecified atom stereocenters. The summed E-state index contributed by atoms with van der Waals surface area (Å²) in [5.41, 5.74) is 0.706. The Morgan fingerprint density at radius 1 is 1.10 bits per heavy atom. The van der Waals surface area contributed by atoms with Crippen LogP contribution in [0.3, 0.4) is 0 Å². The van der Waals surface area contributed by atoms with E-state index in [0.717, 1.165) is 5.56 Å². The van der Waals surface area contributed by atoms with Crippen molar-refractivity contribution in [2.45, 2.75) is 20.0 Å². The fourth-order valence-electron chi connectivity index (χ4n) is 2.95. The number of halogens is 2. The maximum Gasteiger partial charge on any atom is 0.352 e. The molecule has 31 heavy (non-hydrogen) atoms. The van der Waals surface area contributed by atoms with E-state index >= 15 is 0 Å². The minimum Gasteiger partial charge on any atom is -0.477 e. The van der Waals surface area contributed by atoms with E-state index in [1.807, 2.05) is 13.0 Å². The average Bonchev–Trinajstić information content (AvgIpc) is 3.27. The van der Waals surface area contributed by atoms with Crippen LogP contribution >= 0.6 is 23.2 Å². The van der Waals surface area contributed by atoms with Gasteiger partial charge >= 0.3 is 5.97 Å². The van der Waals surface area contributed by atoms with Crippen LogP contribution in [0.15, 0.2) is 68.4 Å². The first kappa shape index (κ1) is 21.0. The van der Waals surface area contributed by atoms with E-state index in [1.54, 1.807) is 30.3 Å². The van der Waals surface area contributed by atoms with E-state index in [2.05, 4.69) is 0 Å². The highest BCUT2D eigenvalue weighted by Crippen LogP contribution is 2.32. The average molecular weight is 459 g/mol. The molecule has 0 saturated heterocycles. The Morgan fingerprint density at radius 3 is 2.61 bits per heavy atom. The van der Waals surface area contributed by atoms with Crippen LogP contribution in [0.5, 0.6) is 11.5 Å². The molecule has 2 heterocycles. The van der Waals surface area contributed by atoms with Gasteiger partial charge in [-0.2, -0.15) is 0 Å². The van der Waals surface area contributed by atoms with Crippen LogP contribution in [0.4, 0.5) is 0 Å². The Bertz CT molecular complexity index is 1320. The monoisotopic (exact) mass is 458 g/mol. The second-order valence-corrected chi connectivity index (χ2v) is 7.67. The number of fused-ring (bicyclic) bond motifs is 1. The summed E-state index contributed by atoms with van der Waals surface area (Å²) in [6.07, 6.45) is 0.352. The molecule has 8 heteroatoms. The first-order chi connectivity index (χ1) is 14.8.